The van der Waals surface area contributed by atoms with Crippen molar-refractivity contribution in [3.8, 4) is 11.4 Å². The number of fused-ring (bicyclic) bond motifs is 1. The van der Waals surface area contributed by atoms with Gasteiger partial charge < -0.3 is 0 Å². The zero-order chi connectivity index (χ0) is 15.2. The van der Waals surface area contributed by atoms with Gasteiger partial charge in [-0.05, 0) is 18.2 Å². The third-order valence-corrected chi connectivity index (χ3v) is 3.57. The molecule has 0 aliphatic heterocycles. The van der Waals surface area contributed by atoms with E-state index in [1.807, 2.05) is 0 Å². The van der Waals surface area contributed by atoms with Gasteiger partial charge in [-0.2, -0.15) is 13.2 Å². The normalized spacial score (nSPS) is 12.0. The van der Waals surface area contributed by atoms with E-state index in [2.05, 4.69) is 31.1 Å². The van der Waals surface area contributed by atoms with E-state index in [0.29, 0.717) is 4.47 Å². The van der Waals surface area contributed by atoms with Crippen LogP contribution in [0.4, 0.5) is 13.2 Å². The largest absolute Gasteiger partial charge is 0.417 e. The van der Waals surface area contributed by atoms with Crippen LogP contribution in [0.3, 0.4) is 0 Å². The lowest BCUT2D eigenvalue weighted by molar-refractivity contribution is -0.137. The Bertz CT molecular complexity index is 831. The predicted molar refractivity (Wildman–Crippen MR) is 73.9 cm³/mol. The molecule has 2 heterocycles. The number of nitrogens with zero attached hydrogens (tertiary/aromatic N) is 4. The monoisotopic (exact) mass is 376 g/mol. The lowest BCUT2D eigenvalue weighted by Crippen LogP contribution is -2.08. The number of hydrogen-bond donors (Lipinski definition) is 0. The summed E-state index contributed by atoms with van der Waals surface area (Å²) in [5, 5.41) is 7.65. The molecule has 108 valence electrons. The van der Waals surface area contributed by atoms with E-state index in [1.54, 1.807) is 0 Å². The molecule has 0 bridgehead atoms. The van der Waals surface area contributed by atoms with Gasteiger partial charge >= 0.3 is 6.18 Å². The average Bonchev–Trinajstić information content (AvgIpc) is 2.83. The van der Waals surface area contributed by atoms with Crippen LogP contribution < -0.4 is 0 Å². The standard InChI is InChI=1S/C12H5BrClF3N4/c13-6-1-2-7(8(5-6)12(15,16)17)10-19-20-11-9(14)18-3-4-21(10)11/h1-5H. The number of rotatable bonds is 1. The summed E-state index contributed by atoms with van der Waals surface area (Å²) in [6, 6.07) is 3.84. The number of halogens is 5. The Balaban J connectivity index is 2.31. The summed E-state index contributed by atoms with van der Waals surface area (Å²) in [5.41, 5.74) is -0.690. The average molecular weight is 378 g/mol. The summed E-state index contributed by atoms with van der Waals surface area (Å²) in [7, 11) is 0. The molecular formula is C12H5BrClF3N4. The molecule has 21 heavy (non-hydrogen) atoms. The topological polar surface area (TPSA) is 43.1 Å². The van der Waals surface area contributed by atoms with Gasteiger partial charge in [0.25, 0.3) is 0 Å². The summed E-state index contributed by atoms with van der Waals surface area (Å²) in [5.74, 6) is 0.0501. The minimum absolute atomic E-state index is 0.0501. The molecule has 3 aromatic rings. The Hall–Kier alpha value is -1.67. The van der Waals surface area contributed by atoms with Crippen LogP contribution in [0.2, 0.25) is 5.15 Å². The van der Waals surface area contributed by atoms with Crippen LogP contribution in [0, 0.1) is 0 Å². The van der Waals surface area contributed by atoms with Crippen molar-refractivity contribution in [1.29, 1.82) is 0 Å². The van der Waals surface area contributed by atoms with Gasteiger partial charge in [-0.25, -0.2) is 4.98 Å². The molecule has 0 atom stereocenters. The molecular weight excluding hydrogens is 373 g/mol. The van der Waals surface area contributed by atoms with Crippen molar-refractivity contribution in [2.45, 2.75) is 6.18 Å². The highest BCUT2D eigenvalue weighted by Gasteiger charge is 2.35. The van der Waals surface area contributed by atoms with Gasteiger partial charge in [0.05, 0.1) is 5.56 Å². The molecule has 0 radical (unpaired) electrons. The van der Waals surface area contributed by atoms with Gasteiger partial charge in [0, 0.05) is 22.4 Å². The van der Waals surface area contributed by atoms with Gasteiger partial charge in [-0.3, -0.25) is 4.40 Å². The highest BCUT2D eigenvalue weighted by atomic mass is 79.9. The number of benzene rings is 1. The first-order valence-electron chi connectivity index (χ1n) is 5.60. The van der Waals surface area contributed by atoms with Crippen molar-refractivity contribution in [3.63, 3.8) is 0 Å². The Kier molecular flexibility index (Phi) is 3.37. The fourth-order valence-corrected chi connectivity index (χ4v) is 2.47. The molecule has 4 nitrogen and oxygen atoms in total. The summed E-state index contributed by atoms with van der Waals surface area (Å²) in [4.78, 5) is 3.81. The first-order valence-corrected chi connectivity index (χ1v) is 6.77. The fourth-order valence-electron chi connectivity index (χ4n) is 1.93. The maximum atomic E-state index is 13.2. The lowest BCUT2D eigenvalue weighted by atomic mass is 10.1. The highest BCUT2D eigenvalue weighted by molar-refractivity contribution is 9.10. The number of hydrogen-bond acceptors (Lipinski definition) is 3. The minimum Gasteiger partial charge on any atom is -0.278 e. The molecule has 9 heteroatoms. The molecule has 2 aromatic heterocycles. The van der Waals surface area contributed by atoms with E-state index >= 15 is 0 Å². The van der Waals surface area contributed by atoms with E-state index in [9.17, 15) is 13.2 Å². The Labute approximate surface area is 129 Å². The molecule has 0 spiro atoms. The molecule has 0 unspecified atom stereocenters. The van der Waals surface area contributed by atoms with E-state index in [0.717, 1.165) is 6.07 Å². The predicted octanol–water partition coefficient (Wildman–Crippen LogP) is 4.23. The van der Waals surface area contributed by atoms with Gasteiger partial charge in [0.15, 0.2) is 16.6 Å². The molecule has 0 aliphatic carbocycles. The van der Waals surface area contributed by atoms with E-state index in [4.69, 9.17) is 11.6 Å². The summed E-state index contributed by atoms with van der Waals surface area (Å²) >= 11 is 8.89. The third kappa shape index (κ3) is 2.49. The van der Waals surface area contributed by atoms with Crippen molar-refractivity contribution in [2.75, 3.05) is 0 Å². The Morgan fingerprint density at radius 2 is 1.95 bits per heavy atom. The zero-order valence-electron chi connectivity index (χ0n) is 10.1. The molecule has 0 saturated carbocycles. The maximum Gasteiger partial charge on any atom is 0.417 e. The Morgan fingerprint density at radius 3 is 2.67 bits per heavy atom. The zero-order valence-corrected chi connectivity index (χ0v) is 12.4. The molecule has 0 fully saturated rings. The molecule has 1 aromatic carbocycles. The minimum atomic E-state index is -4.51. The first-order chi connectivity index (χ1) is 9.88. The quantitative estimate of drug-likeness (QED) is 0.637. The van der Waals surface area contributed by atoms with Crippen LogP contribution in [0.5, 0.6) is 0 Å². The van der Waals surface area contributed by atoms with Gasteiger partial charge in [0.2, 0.25) is 0 Å². The van der Waals surface area contributed by atoms with Crippen LogP contribution in [0.1, 0.15) is 5.56 Å². The second kappa shape index (κ2) is 4.96. The molecule has 0 N–H and O–H groups in total. The van der Waals surface area contributed by atoms with Crippen molar-refractivity contribution in [1.82, 2.24) is 19.6 Å². The summed E-state index contributed by atoms with van der Waals surface area (Å²) in [6.07, 6.45) is -1.69. The molecule has 0 saturated heterocycles. The fraction of sp³-hybridized carbons (Fsp3) is 0.0833. The second-order valence-corrected chi connectivity index (χ2v) is 5.40. The number of aromatic nitrogens is 4. The van der Waals surface area contributed by atoms with E-state index in [1.165, 1.54) is 28.9 Å². The van der Waals surface area contributed by atoms with Crippen molar-refractivity contribution < 1.29 is 13.2 Å². The van der Waals surface area contributed by atoms with Crippen LogP contribution in [0.25, 0.3) is 17.0 Å². The molecule has 0 aliphatic rings. The van der Waals surface area contributed by atoms with E-state index in [-0.39, 0.29) is 22.2 Å². The third-order valence-electron chi connectivity index (χ3n) is 2.81. The summed E-state index contributed by atoms with van der Waals surface area (Å²) < 4.78 is 41.2. The Morgan fingerprint density at radius 1 is 1.19 bits per heavy atom. The SMILES string of the molecule is FC(F)(F)c1cc(Br)ccc1-c1nnc2c(Cl)nccn12. The summed E-state index contributed by atoms with van der Waals surface area (Å²) in [6.45, 7) is 0. The van der Waals surface area contributed by atoms with Gasteiger partial charge in [0.1, 0.15) is 0 Å². The molecule has 0 amide bonds. The highest BCUT2D eigenvalue weighted by Crippen LogP contribution is 2.38. The smallest absolute Gasteiger partial charge is 0.278 e. The van der Waals surface area contributed by atoms with Crippen LogP contribution in [-0.2, 0) is 6.18 Å². The van der Waals surface area contributed by atoms with Crippen LogP contribution in [-0.4, -0.2) is 19.6 Å². The molecule has 3 rings (SSSR count). The van der Waals surface area contributed by atoms with Crippen LogP contribution in [0.15, 0.2) is 35.1 Å². The first kappa shape index (κ1) is 14.3. The maximum absolute atomic E-state index is 13.2. The second-order valence-electron chi connectivity index (χ2n) is 4.12. The van der Waals surface area contributed by atoms with Crippen molar-refractivity contribution in [2.24, 2.45) is 0 Å². The number of alkyl halides is 3. The van der Waals surface area contributed by atoms with Crippen molar-refractivity contribution in [3.05, 3.63) is 45.8 Å². The van der Waals surface area contributed by atoms with Crippen LogP contribution >= 0.6 is 27.5 Å². The van der Waals surface area contributed by atoms with Crippen molar-refractivity contribution >= 4 is 33.2 Å². The van der Waals surface area contributed by atoms with Gasteiger partial charge in [-0.1, -0.05) is 27.5 Å². The lowest BCUT2D eigenvalue weighted by Gasteiger charge is -2.12. The van der Waals surface area contributed by atoms with Gasteiger partial charge in [-0.15, -0.1) is 10.2 Å². The van der Waals surface area contributed by atoms with E-state index < -0.39 is 11.7 Å².